The van der Waals surface area contributed by atoms with Gasteiger partial charge in [0.05, 0.1) is 0 Å². The van der Waals surface area contributed by atoms with Crippen LogP contribution in [0.5, 0.6) is 0 Å². The standard InChI is InChI=1S/C22H25F4N7OS/c23-21(1-2-21)17-27-16(28-29-17)13-4-19(5-13)9-32(10-19)18(34)33-11-20(12-33)7-31(8-20)6-14-3-15(30-35-14)22(24,25)26/h3,13H,1-2,4-12H2,(H,27,28,29). The van der Waals surface area contributed by atoms with Crippen LogP contribution in [0, 0.1) is 10.8 Å². The average molecular weight is 512 g/mol. The lowest BCUT2D eigenvalue weighted by molar-refractivity contribution is -0.140. The summed E-state index contributed by atoms with van der Waals surface area (Å²) < 4.78 is 55.8. The molecule has 0 bridgehead atoms. The molecule has 5 heterocycles. The van der Waals surface area contributed by atoms with E-state index in [0.29, 0.717) is 43.2 Å². The number of nitrogens with one attached hydrogen (secondary N) is 1. The number of aromatic nitrogens is 4. The first-order valence-electron chi connectivity index (χ1n) is 11.9. The van der Waals surface area contributed by atoms with Gasteiger partial charge in [-0.3, -0.25) is 10.00 Å². The lowest BCUT2D eigenvalue weighted by Gasteiger charge is -2.63. The molecule has 2 aromatic heterocycles. The molecule has 2 amide bonds. The highest BCUT2D eigenvalue weighted by Gasteiger charge is 2.59. The molecular formula is C22H25F4N7OS. The van der Waals surface area contributed by atoms with Crippen molar-refractivity contribution in [3.05, 3.63) is 28.3 Å². The van der Waals surface area contributed by atoms with E-state index < -0.39 is 17.5 Å². The van der Waals surface area contributed by atoms with Gasteiger partial charge >= 0.3 is 12.2 Å². The number of carbonyl (C=O) groups excluding carboxylic acids is 1. The Morgan fingerprint density at radius 3 is 2.34 bits per heavy atom. The Bertz CT molecular complexity index is 1160. The molecular weight excluding hydrogens is 486 g/mol. The molecule has 188 valence electrons. The van der Waals surface area contributed by atoms with Gasteiger partial charge in [0.15, 0.2) is 17.2 Å². The number of halogens is 4. The van der Waals surface area contributed by atoms with Crippen molar-refractivity contribution in [2.75, 3.05) is 39.3 Å². The fraction of sp³-hybridized carbons (Fsp3) is 0.727. The highest BCUT2D eigenvalue weighted by molar-refractivity contribution is 7.05. The van der Waals surface area contributed by atoms with Gasteiger partial charge in [-0.25, -0.2) is 14.2 Å². The minimum Gasteiger partial charge on any atom is -0.323 e. The molecule has 0 aromatic carbocycles. The zero-order valence-corrected chi connectivity index (χ0v) is 19.8. The van der Waals surface area contributed by atoms with E-state index in [0.717, 1.165) is 62.4 Å². The SMILES string of the molecule is O=C(N1CC2(CC(c3nc(C4(F)CC4)n[nH]3)C2)C1)N1CC2(CN(Cc3cc(C(F)(F)F)ns3)C2)C1. The molecule has 5 fully saturated rings. The molecule has 0 atom stereocenters. The highest BCUT2D eigenvalue weighted by Crippen LogP contribution is 2.56. The lowest BCUT2D eigenvalue weighted by atomic mass is 9.57. The summed E-state index contributed by atoms with van der Waals surface area (Å²) in [5.74, 6) is 1.32. The van der Waals surface area contributed by atoms with Crippen molar-refractivity contribution in [2.45, 2.75) is 50.0 Å². The zero-order valence-electron chi connectivity index (χ0n) is 18.9. The molecule has 2 aliphatic carbocycles. The Kier molecular flexibility index (Phi) is 4.35. The van der Waals surface area contributed by atoms with Crippen LogP contribution in [0.2, 0.25) is 0 Å². The van der Waals surface area contributed by atoms with Gasteiger partial charge in [0.25, 0.3) is 0 Å². The van der Waals surface area contributed by atoms with Crippen LogP contribution < -0.4 is 0 Å². The normalized spacial score (nSPS) is 26.3. The summed E-state index contributed by atoms with van der Waals surface area (Å²) in [7, 11) is 0. The molecule has 8 nitrogen and oxygen atoms in total. The van der Waals surface area contributed by atoms with Crippen molar-refractivity contribution in [2.24, 2.45) is 10.8 Å². The van der Waals surface area contributed by atoms with E-state index in [-0.39, 0.29) is 22.8 Å². The highest BCUT2D eigenvalue weighted by atomic mass is 32.1. The number of nitrogens with zero attached hydrogens (tertiary/aromatic N) is 6. The second kappa shape index (κ2) is 6.93. The lowest BCUT2D eigenvalue weighted by Crippen LogP contribution is -2.75. The first-order chi connectivity index (χ1) is 16.5. The van der Waals surface area contributed by atoms with Gasteiger partial charge in [0, 0.05) is 67.4 Å². The van der Waals surface area contributed by atoms with E-state index in [1.807, 2.05) is 9.80 Å². The molecule has 5 aliphatic rings. The third-order valence-electron chi connectivity index (χ3n) is 8.33. The number of hydrogen-bond donors (Lipinski definition) is 1. The number of aromatic amines is 1. The van der Waals surface area contributed by atoms with Crippen LogP contribution in [0.25, 0.3) is 0 Å². The topological polar surface area (TPSA) is 81.2 Å². The van der Waals surface area contributed by atoms with E-state index in [4.69, 9.17) is 0 Å². The third kappa shape index (κ3) is 3.56. The molecule has 2 aromatic rings. The van der Waals surface area contributed by atoms with E-state index >= 15 is 0 Å². The van der Waals surface area contributed by atoms with Gasteiger partial charge in [-0.15, -0.1) is 0 Å². The monoisotopic (exact) mass is 511 g/mol. The second-order valence-electron chi connectivity index (χ2n) is 11.4. The van der Waals surface area contributed by atoms with E-state index in [1.54, 1.807) is 0 Å². The van der Waals surface area contributed by atoms with Crippen molar-refractivity contribution >= 4 is 17.6 Å². The Morgan fingerprint density at radius 1 is 1.09 bits per heavy atom. The fourth-order valence-electron chi connectivity index (χ4n) is 6.38. The molecule has 3 saturated heterocycles. The summed E-state index contributed by atoms with van der Waals surface area (Å²) in [6.07, 6.45) is -1.51. The van der Waals surface area contributed by atoms with Crippen LogP contribution in [-0.2, 0) is 18.4 Å². The van der Waals surface area contributed by atoms with Gasteiger partial charge in [-0.2, -0.15) is 22.6 Å². The minimum atomic E-state index is -4.40. The maximum absolute atomic E-state index is 14.1. The molecule has 0 radical (unpaired) electrons. The molecule has 35 heavy (non-hydrogen) atoms. The Balaban J connectivity index is 0.845. The van der Waals surface area contributed by atoms with Gasteiger partial charge in [0.2, 0.25) is 0 Å². The van der Waals surface area contributed by atoms with Crippen LogP contribution in [-0.4, -0.2) is 79.6 Å². The fourth-order valence-corrected chi connectivity index (χ4v) is 7.16. The van der Waals surface area contributed by atoms with Crippen LogP contribution in [0.4, 0.5) is 22.4 Å². The maximum atomic E-state index is 14.1. The zero-order chi connectivity index (χ0) is 24.2. The predicted octanol–water partition coefficient (Wildman–Crippen LogP) is 3.36. The van der Waals surface area contributed by atoms with Gasteiger partial charge in [0.1, 0.15) is 5.82 Å². The molecule has 7 rings (SSSR count). The Hall–Kier alpha value is -2.28. The Morgan fingerprint density at radius 2 is 1.74 bits per heavy atom. The maximum Gasteiger partial charge on any atom is 0.434 e. The average Bonchev–Trinajstić information content (AvgIpc) is 3.10. The van der Waals surface area contributed by atoms with Crippen molar-refractivity contribution in [1.29, 1.82) is 0 Å². The molecule has 13 heteroatoms. The molecule has 0 unspecified atom stereocenters. The first-order valence-corrected chi connectivity index (χ1v) is 12.7. The summed E-state index contributed by atoms with van der Waals surface area (Å²) in [6, 6.07) is 1.21. The van der Waals surface area contributed by atoms with Crippen LogP contribution >= 0.6 is 11.5 Å². The number of likely N-dealkylation sites (tertiary alicyclic amines) is 3. The summed E-state index contributed by atoms with van der Waals surface area (Å²) in [6.45, 7) is 4.96. The quantitative estimate of drug-likeness (QED) is 0.637. The van der Waals surface area contributed by atoms with Gasteiger partial charge in [-0.05, 0) is 43.3 Å². The number of H-pyrrole nitrogens is 1. The molecule has 2 spiro atoms. The number of urea groups is 1. The Labute approximate surface area is 202 Å². The number of carbonyl (C=O) groups is 1. The number of amides is 2. The van der Waals surface area contributed by atoms with E-state index in [9.17, 15) is 22.4 Å². The largest absolute Gasteiger partial charge is 0.434 e. The van der Waals surface area contributed by atoms with Crippen molar-refractivity contribution in [1.82, 2.24) is 34.3 Å². The molecule has 3 aliphatic heterocycles. The molecule has 2 saturated carbocycles. The summed E-state index contributed by atoms with van der Waals surface area (Å²) >= 11 is 0.902. The van der Waals surface area contributed by atoms with Crippen molar-refractivity contribution < 1.29 is 22.4 Å². The summed E-state index contributed by atoms with van der Waals surface area (Å²) in [4.78, 5) is 23.8. The second-order valence-corrected chi connectivity index (χ2v) is 12.3. The molecule has 1 N–H and O–H groups in total. The first kappa shape index (κ1) is 22.0. The summed E-state index contributed by atoms with van der Waals surface area (Å²) in [5.41, 5.74) is -1.91. The van der Waals surface area contributed by atoms with Crippen molar-refractivity contribution in [3.8, 4) is 0 Å². The van der Waals surface area contributed by atoms with Gasteiger partial charge < -0.3 is 9.80 Å². The number of hydrogen-bond acceptors (Lipinski definition) is 6. The van der Waals surface area contributed by atoms with Gasteiger partial charge in [-0.1, -0.05) is 0 Å². The summed E-state index contributed by atoms with van der Waals surface area (Å²) in [5, 5.41) is 6.98. The van der Waals surface area contributed by atoms with Crippen LogP contribution in [0.3, 0.4) is 0 Å². The minimum absolute atomic E-state index is 0.0791. The smallest absolute Gasteiger partial charge is 0.323 e. The van der Waals surface area contributed by atoms with E-state index in [2.05, 4.69) is 24.5 Å². The number of alkyl halides is 4. The van der Waals surface area contributed by atoms with Crippen molar-refractivity contribution in [3.63, 3.8) is 0 Å². The number of rotatable bonds is 4. The third-order valence-corrected chi connectivity index (χ3v) is 9.10. The van der Waals surface area contributed by atoms with Crippen LogP contribution in [0.15, 0.2) is 6.07 Å². The van der Waals surface area contributed by atoms with Crippen LogP contribution in [0.1, 0.15) is 53.8 Å². The van der Waals surface area contributed by atoms with E-state index in [1.165, 1.54) is 0 Å². The predicted molar refractivity (Wildman–Crippen MR) is 116 cm³/mol.